The molecule has 0 saturated carbocycles. The van der Waals surface area contributed by atoms with Gasteiger partial charge < -0.3 is 10.1 Å². The summed E-state index contributed by atoms with van der Waals surface area (Å²) in [6, 6.07) is 4.69. The van der Waals surface area contributed by atoms with Crippen molar-refractivity contribution in [3.8, 4) is 5.75 Å². The molecule has 0 spiro atoms. The van der Waals surface area contributed by atoms with Crippen molar-refractivity contribution < 1.29 is 17.9 Å². The molecule has 20 heavy (non-hydrogen) atoms. The standard InChI is InChI=1S/C11H12N2O4S3/c1-17-7-4-9(18-6-7)11(14)13-5-8-2-3-10(19-8)20(12,15)16/h2-4,6H,5H2,1H3,(H,13,14)(H2,12,15,16). The Labute approximate surface area is 124 Å². The monoisotopic (exact) mass is 332 g/mol. The van der Waals surface area contributed by atoms with Gasteiger partial charge in [0.2, 0.25) is 10.0 Å². The number of hydrogen-bond acceptors (Lipinski definition) is 6. The second-order valence-corrected chi connectivity index (χ2v) is 7.67. The molecule has 0 radical (unpaired) electrons. The second-order valence-electron chi connectivity index (χ2n) is 3.80. The highest BCUT2D eigenvalue weighted by Crippen LogP contribution is 2.22. The molecule has 0 fully saturated rings. The summed E-state index contributed by atoms with van der Waals surface area (Å²) < 4.78 is 27.3. The van der Waals surface area contributed by atoms with Gasteiger partial charge in [-0.2, -0.15) is 0 Å². The zero-order valence-corrected chi connectivity index (χ0v) is 12.9. The van der Waals surface area contributed by atoms with Gasteiger partial charge in [-0.1, -0.05) is 0 Å². The molecular formula is C11H12N2O4S3. The number of nitrogens with one attached hydrogen (secondary N) is 1. The molecule has 3 N–H and O–H groups in total. The number of thiophene rings is 2. The molecule has 0 bridgehead atoms. The van der Waals surface area contributed by atoms with Crippen LogP contribution in [0.5, 0.6) is 5.75 Å². The van der Waals surface area contributed by atoms with Gasteiger partial charge in [0.15, 0.2) is 0 Å². The lowest BCUT2D eigenvalue weighted by molar-refractivity contribution is 0.0955. The highest BCUT2D eigenvalue weighted by Gasteiger charge is 2.13. The molecule has 6 nitrogen and oxygen atoms in total. The minimum Gasteiger partial charge on any atom is -0.496 e. The molecule has 0 aliphatic heterocycles. The Hall–Kier alpha value is -1.42. The van der Waals surface area contributed by atoms with E-state index in [1.807, 2.05) is 0 Å². The molecule has 2 rings (SSSR count). The number of rotatable bonds is 5. The number of amides is 1. The molecule has 1 amide bonds. The van der Waals surface area contributed by atoms with Gasteiger partial charge in [-0.25, -0.2) is 13.6 Å². The first-order valence-electron chi connectivity index (χ1n) is 5.42. The number of sulfonamides is 1. The first-order chi connectivity index (χ1) is 9.40. The van der Waals surface area contributed by atoms with Crippen LogP contribution in [0.25, 0.3) is 0 Å². The summed E-state index contributed by atoms with van der Waals surface area (Å²) in [4.78, 5) is 13.1. The molecule has 0 aliphatic carbocycles. The molecule has 2 aromatic heterocycles. The van der Waals surface area contributed by atoms with Crippen LogP contribution in [-0.4, -0.2) is 21.4 Å². The predicted octanol–water partition coefficient (Wildman–Crippen LogP) is 1.40. The maximum Gasteiger partial charge on any atom is 0.261 e. The molecule has 0 aliphatic rings. The smallest absolute Gasteiger partial charge is 0.261 e. The molecule has 0 unspecified atom stereocenters. The lowest BCUT2D eigenvalue weighted by Crippen LogP contribution is -2.21. The number of ether oxygens (including phenoxy) is 1. The van der Waals surface area contributed by atoms with E-state index in [4.69, 9.17) is 9.88 Å². The van der Waals surface area contributed by atoms with E-state index in [1.165, 1.54) is 24.5 Å². The van der Waals surface area contributed by atoms with Crippen LogP contribution in [0.4, 0.5) is 0 Å². The van der Waals surface area contributed by atoms with Crippen LogP contribution in [0.3, 0.4) is 0 Å². The maximum atomic E-state index is 11.9. The van der Waals surface area contributed by atoms with Crippen molar-refractivity contribution in [3.05, 3.63) is 33.3 Å². The van der Waals surface area contributed by atoms with Crippen molar-refractivity contribution in [2.24, 2.45) is 5.14 Å². The minimum atomic E-state index is -3.68. The van der Waals surface area contributed by atoms with Gasteiger partial charge in [0.05, 0.1) is 18.5 Å². The number of nitrogens with two attached hydrogens (primary N) is 1. The molecular weight excluding hydrogens is 320 g/mol. The first-order valence-corrected chi connectivity index (χ1v) is 8.66. The van der Waals surface area contributed by atoms with Crippen molar-refractivity contribution >= 4 is 38.6 Å². The van der Waals surface area contributed by atoms with Crippen LogP contribution >= 0.6 is 22.7 Å². The van der Waals surface area contributed by atoms with Gasteiger partial charge >= 0.3 is 0 Å². The van der Waals surface area contributed by atoms with E-state index >= 15 is 0 Å². The Kier molecular flexibility index (Phi) is 4.43. The Morgan fingerprint density at radius 2 is 2.20 bits per heavy atom. The molecule has 9 heteroatoms. The summed E-state index contributed by atoms with van der Waals surface area (Å²) in [5.41, 5.74) is 0. The Morgan fingerprint density at radius 3 is 2.75 bits per heavy atom. The average Bonchev–Trinajstić information content (AvgIpc) is 3.04. The van der Waals surface area contributed by atoms with Crippen molar-refractivity contribution in [2.45, 2.75) is 10.8 Å². The van der Waals surface area contributed by atoms with E-state index in [9.17, 15) is 13.2 Å². The molecule has 0 atom stereocenters. The van der Waals surface area contributed by atoms with Crippen LogP contribution in [0.15, 0.2) is 27.8 Å². The fourth-order valence-electron chi connectivity index (χ4n) is 1.41. The molecule has 0 aromatic carbocycles. The number of hydrogen-bond donors (Lipinski definition) is 2. The van der Waals surface area contributed by atoms with Crippen molar-refractivity contribution in [1.29, 1.82) is 0 Å². The quantitative estimate of drug-likeness (QED) is 0.864. The number of carbonyl (C=O) groups excluding carboxylic acids is 1. The van der Waals surface area contributed by atoms with Crippen LogP contribution in [0.1, 0.15) is 14.5 Å². The molecule has 108 valence electrons. The van der Waals surface area contributed by atoms with E-state index in [0.29, 0.717) is 15.5 Å². The van der Waals surface area contributed by atoms with Crippen molar-refractivity contribution in [3.63, 3.8) is 0 Å². The highest BCUT2D eigenvalue weighted by molar-refractivity contribution is 7.91. The zero-order valence-electron chi connectivity index (χ0n) is 10.5. The molecule has 2 heterocycles. The fraction of sp³-hybridized carbons (Fsp3) is 0.182. The van der Waals surface area contributed by atoms with Gasteiger partial charge in [-0.15, -0.1) is 22.7 Å². The summed E-state index contributed by atoms with van der Waals surface area (Å²) in [7, 11) is -2.15. The average molecular weight is 332 g/mol. The SMILES string of the molecule is COc1csc(C(=O)NCc2ccc(S(N)(=O)=O)s2)c1. The summed E-state index contributed by atoms with van der Waals surface area (Å²) in [5.74, 6) is 0.400. The number of methoxy groups -OCH3 is 1. The third-order valence-electron chi connectivity index (χ3n) is 2.38. The lowest BCUT2D eigenvalue weighted by atomic mass is 10.4. The van der Waals surface area contributed by atoms with Crippen LogP contribution < -0.4 is 15.2 Å². The Bertz CT molecular complexity index is 718. The lowest BCUT2D eigenvalue weighted by Gasteiger charge is -2.00. The molecule has 2 aromatic rings. The van der Waals surface area contributed by atoms with Gasteiger partial charge in [-0.05, 0) is 12.1 Å². The van der Waals surface area contributed by atoms with E-state index in [0.717, 1.165) is 11.3 Å². The summed E-state index contributed by atoms with van der Waals surface area (Å²) >= 11 is 2.32. The number of carbonyl (C=O) groups is 1. The normalized spacial score (nSPS) is 11.3. The summed E-state index contributed by atoms with van der Waals surface area (Å²) in [6.45, 7) is 0.249. The van der Waals surface area contributed by atoms with Crippen molar-refractivity contribution in [2.75, 3.05) is 7.11 Å². The third-order valence-corrected chi connectivity index (χ3v) is 5.81. The van der Waals surface area contributed by atoms with E-state index < -0.39 is 10.0 Å². The first kappa shape index (κ1) is 15.0. The molecule has 0 saturated heterocycles. The van der Waals surface area contributed by atoms with Gasteiger partial charge in [0.1, 0.15) is 9.96 Å². The predicted molar refractivity (Wildman–Crippen MR) is 77.7 cm³/mol. The fourth-order valence-corrected chi connectivity index (χ4v) is 3.89. The van der Waals surface area contributed by atoms with Crippen LogP contribution in [0.2, 0.25) is 0 Å². The van der Waals surface area contributed by atoms with Crippen LogP contribution in [-0.2, 0) is 16.6 Å². The largest absolute Gasteiger partial charge is 0.496 e. The van der Waals surface area contributed by atoms with Gasteiger partial charge in [0.25, 0.3) is 5.91 Å². The summed E-state index contributed by atoms with van der Waals surface area (Å²) in [6.07, 6.45) is 0. The Balaban J connectivity index is 1.98. The van der Waals surface area contributed by atoms with E-state index in [1.54, 1.807) is 17.5 Å². The van der Waals surface area contributed by atoms with Crippen molar-refractivity contribution in [1.82, 2.24) is 5.32 Å². The second kappa shape index (κ2) is 5.92. The summed E-state index contributed by atoms with van der Waals surface area (Å²) in [5, 5.41) is 9.46. The van der Waals surface area contributed by atoms with E-state index in [-0.39, 0.29) is 16.7 Å². The van der Waals surface area contributed by atoms with Gasteiger partial charge in [-0.3, -0.25) is 4.79 Å². The zero-order chi connectivity index (χ0) is 14.8. The maximum absolute atomic E-state index is 11.9. The van der Waals surface area contributed by atoms with Gasteiger partial charge in [0, 0.05) is 16.3 Å². The highest BCUT2D eigenvalue weighted by atomic mass is 32.2. The number of primary sulfonamides is 1. The Morgan fingerprint density at radius 1 is 1.45 bits per heavy atom. The minimum absolute atomic E-state index is 0.0829. The van der Waals surface area contributed by atoms with Crippen LogP contribution in [0, 0.1) is 0 Å². The topological polar surface area (TPSA) is 98.5 Å². The van der Waals surface area contributed by atoms with E-state index in [2.05, 4.69) is 5.32 Å². The third kappa shape index (κ3) is 3.57.